The zero-order chi connectivity index (χ0) is 32.0. The lowest BCUT2D eigenvalue weighted by Gasteiger charge is -2.12. The maximum absolute atomic E-state index is 14.7. The van der Waals surface area contributed by atoms with Crippen LogP contribution >= 0.6 is 0 Å². The van der Waals surface area contributed by atoms with E-state index in [2.05, 4.69) is 30.5 Å². The number of carbonyl (C=O) groups excluding carboxylic acids is 1. The van der Waals surface area contributed by atoms with Gasteiger partial charge in [-0.2, -0.15) is 5.10 Å². The molecule has 0 bridgehead atoms. The number of nitrogens with zero attached hydrogens (tertiary/aromatic N) is 3. The predicted octanol–water partition coefficient (Wildman–Crippen LogP) is 6.23. The zero-order valence-corrected chi connectivity index (χ0v) is 25.1. The van der Waals surface area contributed by atoms with Crippen molar-refractivity contribution in [2.45, 2.75) is 5.37 Å². The minimum Gasteiger partial charge on any atom is -0.353 e. The number of carbonyl (C=O) groups is 1. The number of nitrogens with one attached hydrogen (secondary N) is 3. The van der Waals surface area contributed by atoms with E-state index < -0.39 is 21.0 Å². The van der Waals surface area contributed by atoms with Crippen LogP contribution in [0.2, 0.25) is 0 Å². The lowest BCUT2D eigenvalue weighted by molar-refractivity contribution is 0.102. The van der Waals surface area contributed by atoms with Crippen LogP contribution in [0.15, 0.2) is 104 Å². The Kier molecular flexibility index (Phi) is 7.15. The van der Waals surface area contributed by atoms with Gasteiger partial charge in [-0.25, -0.2) is 17.8 Å². The van der Waals surface area contributed by atoms with Crippen LogP contribution in [0.5, 0.6) is 0 Å². The number of benzene rings is 3. The first-order valence-electron chi connectivity index (χ1n) is 14.2. The molecule has 3 aromatic carbocycles. The second kappa shape index (κ2) is 11.3. The van der Waals surface area contributed by atoms with Crippen LogP contribution < -0.4 is 11.1 Å². The molecule has 46 heavy (non-hydrogen) atoms. The van der Waals surface area contributed by atoms with Crippen LogP contribution in [0.3, 0.4) is 0 Å². The Morgan fingerprint density at radius 2 is 1.70 bits per heavy atom. The Hall–Kier alpha value is -5.72. The molecule has 1 unspecified atom stereocenters. The molecule has 1 atom stereocenters. The normalized spacial score (nSPS) is 12.4. The van der Waals surface area contributed by atoms with Crippen LogP contribution in [0.1, 0.15) is 21.3 Å². The number of amides is 1. The minimum atomic E-state index is -3.64. The fourth-order valence-corrected chi connectivity index (χ4v) is 6.07. The van der Waals surface area contributed by atoms with Crippen LogP contribution in [-0.4, -0.2) is 45.7 Å². The van der Waals surface area contributed by atoms with E-state index in [4.69, 9.17) is 5.73 Å². The average Bonchev–Trinajstić information content (AvgIpc) is 3.68. The van der Waals surface area contributed by atoms with Gasteiger partial charge < -0.3 is 16.0 Å². The topological polar surface area (TPSA) is 160 Å². The number of H-pyrrole nitrogens is 2. The summed E-state index contributed by atoms with van der Waals surface area (Å²) in [6, 6.07) is 24.3. The number of hydrogen-bond acceptors (Lipinski definition) is 7. The van der Waals surface area contributed by atoms with E-state index in [1.54, 1.807) is 48.9 Å². The minimum absolute atomic E-state index is 0.167. The number of halogens is 1. The van der Waals surface area contributed by atoms with Gasteiger partial charge in [0.25, 0.3) is 5.91 Å². The van der Waals surface area contributed by atoms with Gasteiger partial charge >= 0.3 is 0 Å². The first kappa shape index (κ1) is 29.0. The van der Waals surface area contributed by atoms with Gasteiger partial charge in [0.15, 0.2) is 15.5 Å². The Bertz CT molecular complexity index is 2390. The highest BCUT2D eigenvalue weighted by molar-refractivity contribution is 7.90. The van der Waals surface area contributed by atoms with Crippen molar-refractivity contribution in [1.29, 1.82) is 0 Å². The van der Waals surface area contributed by atoms with Gasteiger partial charge in [0, 0.05) is 51.6 Å². The number of hydrogen-bond donors (Lipinski definition) is 4. The van der Waals surface area contributed by atoms with Gasteiger partial charge in [0.2, 0.25) is 0 Å². The van der Waals surface area contributed by atoms with E-state index in [1.165, 1.54) is 6.07 Å². The SMILES string of the molecule is CS(=O)(=O)C(N)c1cc(F)cc(-c2cccc3[nH]c(-c4n[nH]c5ncc(-c6cncc(NC(=O)c7ccccc7)c6)cc45)cc23)c1. The Morgan fingerprint density at radius 3 is 2.50 bits per heavy atom. The largest absolute Gasteiger partial charge is 0.353 e. The average molecular weight is 632 g/mol. The summed E-state index contributed by atoms with van der Waals surface area (Å²) in [7, 11) is -3.64. The third kappa shape index (κ3) is 5.51. The molecular weight excluding hydrogens is 605 g/mol. The van der Waals surface area contributed by atoms with E-state index in [9.17, 15) is 17.6 Å². The second-order valence-corrected chi connectivity index (χ2v) is 13.1. The van der Waals surface area contributed by atoms with Crippen molar-refractivity contribution in [1.82, 2.24) is 25.1 Å². The van der Waals surface area contributed by atoms with Crippen LogP contribution in [0, 0.1) is 5.82 Å². The Balaban J connectivity index is 1.25. The molecule has 7 rings (SSSR count). The molecule has 1 amide bonds. The van der Waals surface area contributed by atoms with E-state index in [0.29, 0.717) is 39.4 Å². The quantitative estimate of drug-likeness (QED) is 0.162. The number of nitrogens with two attached hydrogens (primary N) is 1. The molecule has 7 aromatic rings. The highest BCUT2D eigenvalue weighted by Crippen LogP contribution is 2.36. The summed E-state index contributed by atoms with van der Waals surface area (Å²) in [5.41, 5.74) is 12.5. The molecule has 0 aliphatic rings. The van der Waals surface area contributed by atoms with E-state index in [1.807, 2.05) is 42.5 Å². The first-order chi connectivity index (χ1) is 22.1. The zero-order valence-electron chi connectivity index (χ0n) is 24.3. The monoisotopic (exact) mass is 631 g/mol. The second-order valence-electron chi connectivity index (χ2n) is 10.9. The number of aromatic nitrogens is 5. The molecule has 0 saturated heterocycles. The predicted molar refractivity (Wildman–Crippen MR) is 176 cm³/mol. The van der Waals surface area contributed by atoms with Crippen LogP contribution in [0.25, 0.3) is 55.6 Å². The van der Waals surface area contributed by atoms with Crippen molar-refractivity contribution in [2.24, 2.45) is 5.73 Å². The molecular formula is C34H26FN7O3S. The van der Waals surface area contributed by atoms with Gasteiger partial charge in [0.1, 0.15) is 16.9 Å². The van der Waals surface area contributed by atoms with Gasteiger partial charge in [-0.3, -0.25) is 14.9 Å². The maximum Gasteiger partial charge on any atom is 0.255 e. The number of fused-ring (bicyclic) bond motifs is 2. The smallest absolute Gasteiger partial charge is 0.255 e. The molecule has 4 heterocycles. The van der Waals surface area contributed by atoms with Crippen molar-refractivity contribution in [3.8, 4) is 33.6 Å². The van der Waals surface area contributed by atoms with Gasteiger partial charge in [-0.05, 0) is 71.3 Å². The maximum atomic E-state index is 14.7. The Morgan fingerprint density at radius 1 is 0.891 bits per heavy atom. The molecule has 0 fully saturated rings. The van der Waals surface area contributed by atoms with Crippen molar-refractivity contribution in [3.05, 3.63) is 120 Å². The standard InChI is InChI=1S/C34H26FN7O3S/c1-46(44,45)32(36)21-10-20(11-24(35)12-21)26-8-5-9-29-27(26)15-30(40-29)31-28-14-23(17-38-33(28)42-41-31)22-13-25(18-37-16-22)39-34(43)19-6-3-2-4-7-19/h2-18,32,40H,36H2,1H3,(H,39,43)(H,38,41,42). The molecule has 4 aromatic heterocycles. The fraction of sp³-hybridized carbons (Fsp3) is 0.0588. The van der Waals surface area contributed by atoms with E-state index >= 15 is 0 Å². The number of pyridine rings is 2. The van der Waals surface area contributed by atoms with E-state index in [-0.39, 0.29) is 11.5 Å². The Labute approximate surface area is 262 Å². The highest BCUT2D eigenvalue weighted by atomic mass is 32.2. The third-order valence-corrected chi connectivity index (χ3v) is 8.92. The molecule has 228 valence electrons. The number of anilines is 1. The molecule has 0 aliphatic heterocycles. The number of sulfone groups is 1. The molecule has 5 N–H and O–H groups in total. The first-order valence-corrected chi connectivity index (χ1v) is 16.1. The molecule has 10 nitrogen and oxygen atoms in total. The van der Waals surface area contributed by atoms with Gasteiger partial charge in [0.05, 0.1) is 17.6 Å². The number of rotatable bonds is 7. The molecule has 0 aliphatic carbocycles. The number of aromatic amines is 2. The van der Waals surface area contributed by atoms with Crippen LogP contribution in [0.4, 0.5) is 10.1 Å². The summed E-state index contributed by atoms with van der Waals surface area (Å²) in [5, 5.41) is 10.6. The summed E-state index contributed by atoms with van der Waals surface area (Å²) < 4.78 is 38.9. The van der Waals surface area contributed by atoms with Crippen molar-refractivity contribution in [3.63, 3.8) is 0 Å². The van der Waals surface area contributed by atoms with Crippen molar-refractivity contribution in [2.75, 3.05) is 11.6 Å². The molecule has 12 heteroatoms. The molecule has 0 saturated carbocycles. The summed E-state index contributed by atoms with van der Waals surface area (Å²) in [6.45, 7) is 0. The summed E-state index contributed by atoms with van der Waals surface area (Å²) in [5.74, 6) is -0.828. The lowest BCUT2D eigenvalue weighted by atomic mass is 9.99. The summed E-state index contributed by atoms with van der Waals surface area (Å²) >= 11 is 0. The third-order valence-electron chi connectivity index (χ3n) is 7.72. The van der Waals surface area contributed by atoms with Crippen molar-refractivity contribution >= 4 is 43.4 Å². The summed E-state index contributed by atoms with van der Waals surface area (Å²) in [4.78, 5) is 25.0. The fourth-order valence-electron chi connectivity index (χ4n) is 5.44. The van der Waals surface area contributed by atoms with Crippen LogP contribution in [-0.2, 0) is 9.84 Å². The molecule has 0 spiro atoms. The highest BCUT2D eigenvalue weighted by Gasteiger charge is 2.21. The summed E-state index contributed by atoms with van der Waals surface area (Å²) in [6.07, 6.45) is 6.00. The van der Waals surface area contributed by atoms with E-state index in [0.717, 1.165) is 39.7 Å². The van der Waals surface area contributed by atoms with Gasteiger partial charge in [-0.1, -0.05) is 30.3 Å². The van der Waals surface area contributed by atoms with Crippen molar-refractivity contribution < 1.29 is 17.6 Å². The lowest BCUT2D eigenvalue weighted by Crippen LogP contribution is -2.20. The molecule has 0 radical (unpaired) electrons. The van der Waals surface area contributed by atoms with Gasteiger partial charge in [-0.15, -0.1) is 0 Å².